The minimum absolute atomic E-state index is 0.174. The summed E-state index contributed by atoms with van der Waals surface area (Å²) in [7, 11) is 3.82. The van der Waals surface area contributed by atoms with E-state index < -0.39 is 0 Å². The molecular formula is C13H21N7O. The molecule has 3 heterocycles. The van der Waals surface area contributed by atoms with Crippen molar-refractivity contribution >= 4 is 5.95 Å². The van der Waals surface area contributed by atoms with E-state index in [1.54, 1.807) is 6.33 Å². The first-order valence-electron chi connectivity index (χ1n) is 7.30. The van der Waals surface area contributed by atoms with Crippen LogP contribution in [0.2, 0.25) is 0 Å². The highest BCUT2D eigenvalue weighted by Crippen LogP contribution is 2.32. The first-order valence-corrected chi connectivity index (χ1v) is 7.30. The van der Waals surface area contributed by atoms with Gasteiger partial charge in [0.15, 0.2) is 0 Å². The van der Waals surface area contributed by atoms with Crippen LogP contribution in [0.25, 0.3) is 0 Å². The number of aromatic nitrogens is 5. The van der Waals surface area contributed by atoms with Gasteiger partial charge in [0.05, 0.1) is 12.6 Å². The fourth-order valence-electron chi connectivity index (χ4n) is 2.70. The number of rotatable bonds is 5. The fourth-order valence-corrected chi connectivity index (χ4v) is 2.70. The quantitative estimate of drug-likeness (QED) is 0.816. The van der Waals surface area contributed by atoms with Crippen molar-refractivity contribution in [3.05, 3.63) is 18.0 Å². The van der Waals surface area contributed by atoms with E-state index in [1.165, 1.54) is 0 Å². The molecule has 1 fully saturated rings. The van der Waals surface area contributed by atoms with Gasteiger partial charge in [0.1, 0.15) is 12.2 Å². The van der Waals surface area contributed by atoms with Crippen LogP contribution >= 0.6 is 0 Å². The second kappa shape index (κ2) is 5.80. The Labute approximate surface area is 123 Å². The first-order chi connectivity index (χ1) is 10.2. The highest BCUT2D eigenvalue weighted by molar-refractivity contribution is 5.24. The topological polar surface area (TPSA) is 76.1 Å². The molecule has 2 aromatic heterocycles. The third-order valence-corrected chi connectivity index (χ3v) is 3.82. The number of likely N-dealkylation sites (tertiary alicyclic amines) is 1. The molecule has 1 aliphatic rings. The molecule has 0 radical (unpaired) electrons. The molecule has 0 N–H and O–H groups in total. The van der Waals surface area contributed by atoms with Gasteiger partial charge >= 0.3 is 0 Å². The Balaban J connectivity index is 1.75. The predicted molar refractivity (Wildman–Crippen MR) is 76.7 cm³/mol. The van der Waals surface area contributed by atoms with E-state index in [4.69, 9.17) is 4.52 Å². The van der Waals surface area contributed by atoms with Crippen LogP contribution < -0.4 is 4.90 Å². The molecule has 8 heteroatoms. The Morgan fingerprint density at radius 3 is 3.00 bits per heavy atom. The van der Waals surface area contributed by atoms with Crippen LogP contribution in [0.1, 0.15) is 37.5 Å². The Morgan fingerprint density at radius 2 is 2.29 bits per heavy atom. The molecule has 1 atom stereocenters. The standard InChI is InChI=1S/C13H21N7O/c1-4-20-11(14-9-15-20)8-19-7-5-6-10(19)12-16-13(17-21-12)18(2)3/h9-10H,4-8H2,1-3H3. The lowest BCUT2D eigenvalue weighted by molar-refractivity contribution is 0.194. The van der Waals surface area contributed by atoms with Crippen molar-refractivity contribution in [2.24, 2.45) is 0 Å². The average molecular weight is 291 g/mol. The van der Waals surface area contributed by atoms with Gasteiger partial charge in [0.2, 0.25) is 5.89 Å². The summed E-state index contributed by atoms with van der Waals surface area (Å²) in [5, 5.41) is 8.23. The van der Waals surface area contributed by atoms with E-state index in [9.17, 15) is 0 Å². The van der Waals surface area contributed by atoms with Gasteiger partial charge in [-0.25, -0.2) is 9.67 Å². The van der Waals surface area contributed by atoms with Gasteiger partial charge < -0.3 is 9.42 Å². The van der Waals surface area contributed by atoms with Gasteiger partial charge in [-0.1, -0.05) is 0 Å². The Kier molecular flexibility index (Phi) is 3.87. The number of aryl methyl sites for hydroxylation is 1. The maximum Gasteiger partial charge on any atom is 0.265 e. The lowest BCUT2D eigenvalue weighted by atomic mass is 10.2. The van der Waals surface area contributed by atoms with Crippen molar-refractivity contribution in [2.45, 2.75) is 38.9 Å². The molecule has 114 valence electrons. The lowest BCUT2D eigenvalue weighted by Crippen LogP contribution is -2.25. The summed E-state index contributed by atoms with van der Waals surface area (Å²) in [6.45, 7) is 4.68. The monoisotopic (exact) mass is 291 g/mol. The minimum atomic E-state index is 0.174. The summed E-state index contributed by atoms with van der Waals surface area (Å²) >= 11 is 0. The fraction of sp³-hybridized carbons (Fsp3) is 0.692. The predicted octanol–water partition coefficient (Wildman–Crippen LogP) is 1.08. The van der Waals surface area contributed by atoms with Gasteiger partial charge in [0, 0.05) is 20.6 Å². The zero-order valence-electron chi connectivity index (χ0n) is 12.7. The lowest BCUT2D eigenvalue weighted by Gasteiger charge is -2.20. The van der Waals surface area contributed by atoms with E-state index in [-0.39, 0.29) is 6.04 Å². The van der Waals surface area contributed by atoms with Gasteiger partial charge in [-0.2, -0.15) is 10.1 Å². The second-order valence-electron chi connectivity index (χ2n) is 5.45. The van der Waals surface area contributed by atoms with Crippen LogP contribution in [0.15, 0.2) is 10.9 Å². The molecule has 8 nitrogen and oxygen atoms in total. The smallest absolute Gasteiger partial charge is 0.265 e. The summed E-state index contributed by atoms with van der Waals surface area (Å²) < 4.78 is 7.35. The normalized spacial score (nSPS) is 19.3. The molecule has 2 aromatic rings. The zero-order valence-corrected chi connectivity index (χ0v) is 12.7. The molecule has 0 aromatic carbocycles. The largest absolute Gasteiger partial charge is 0.344 e. The summed E-state index contributed by atoms with van der Waals surface area (Å²) in [5.41, 5.74) is 0. The molecule has 0 saturated carbocycles. The molecule has 21 heavy (non-hydrogen) atoms. The minimum Gasteiger partial charge on any atom is -0.344 e. The molecule has 1 aliphatic heterocycles. The number of anilines is 1. The van der Waals surface area contributed by atoms with Crippen molar-refractivity contribution in [3.63, 3.8) is 0 Å². The summed E-state index contributed by atoms with van der Waals surface area (Å²) in [6, 6.07) is 0.174. The van der Waals surface area contributed by atoms with E-state index in [2.05, 4.69) is 32.0 Å². The van der Waals surface area contributed by atoms with Crippen molar-refractivity contribution in [2.75, 3.05) is 25.5 Å². The molecule has 0 amide bonds. The molecule has 1 unspecified atom stereocenters. The van der Waals surface area contributed by atoms with Crippen molar-refractivity contribution < 1.29 is 4.52 Å². The molecule has 1 saturated heterocycles. The Hall–Kier alpha value is -1.96. The van der Waals surface area contributed by atoms with Crippen LogP contribution in [0.5, 0.6) is 0 Å². The second-order valence-corrected chi connectivity index (χ2v) is 5.45. The van der Waals surface area contributed by atoms with Crippen LogP contribution in [-0.4, -0.2) is 50.4 Å². The maximum atomic E-state index is 5.43. The highest BCUT2D eigenvalue weighted by atomic mass is 16.5. The van der Waals surface area contributed by atoms with Crippen molar-refractivity contribution in [1.82, 2.24) is 29.8 Å². The number of hydrogen-bond donors (Lipinski definition) is 0. The molecule has 0 spiro atoms. The van der Waals surface area contributed by atoms with Gasteiger partial charge in [-0.05, 0) is 31.5 Å². The van der Waals surface area contributed by atoms with Crippen LogP contribution in [-0.2, 0) is 13.1 Å². The van der Waals surface area contributed by atoms with Gasteiger partial charge in [0.25, 0.3) is 5.95 Å². The van der Waals surface area contributed by atoms with Crippen molar-refractivity contribution in [3.8, 4) is 0 Å². The number of nitrogens with zero attached hydrogens (tertiary/aromatic N) is 7. The van der Waals surface area contributed by atoms with Crippen LogP contribution in [0.4, 0.5) is 5.95 Å². The number of hydrogen-bond acceptors (Lipinski definition) is 7. The third kappa shape index (κ3) is 2.76. The van der Waals surface area contributed by atoms with Gasteiger partial charge in [-0.3, -0.25) is 4.90 Å². The molecule has 0 bridgehead atoms. The third-order valence-electron chi connectivity index (χ3n) is 3.82. The SMILES string of the molecule is CCn1ncnc1CN1CCCC1c1nc(N(C)C)no1. The average Bonchev–Trinajstić information content (AvgIpc) is 3.18. The molecule has 0 aliphatic carbocycles. The summed E-state index contributed by atoms with van der Waals surface area (Å²) in [4.78, 5) is 13.0. The van der Waals surface area contributed by atoms with Gasteiger partial charge in [-0.15, -0.1) is 0 Å². The van der Waals surface area contributed by atoms with E-state index >= 15 is 0 Å². The van der Waals surface area contributed by atoms with Crippen LogP contribution in [0, 0.1) is 0 Å². The molecular weight excluding hydrogens is 270 g/mol. The van der Waals surface area contributed by atoms with Crippen LogP contribution in [0.3, 0.4) is 0 Å². The van der Waals surface area contributed by atoms with E-state index in [1.807, 2.05) is 23.7 Å². The summed E-state index contributed by atoms with van der Waals surface area (Å²) in [5.74, 6) is 2.30. The van der Waals surface area contributed by atoms with E-state index in [0.717, 1.165) is 38.3 Å². The Bertz CT molecular complexity index is 591. The van der Waals surface area contributed by atoms with E-state index in [0.29, 0.717) is 11.8 Å². The zero-order chi connectivity index (χ0) is 14.8. The highest BCUT2D eigenvalue weighted by Gasteiger charge is 2.31. The van der Waals surface area contributed by atoms with Crippen molar-refractivity contribution in [1.29, 1.82) is 0 Å². The molecule has 3 rings (SSSR count). The maximum absolute atomic E-state index is 5.43. The first kappa shape index (κ1) is 14.0. The summed E-state index contributed by atoms with van der Waals surface area (Å²) in [6.07, 6.45) is 3.78. The Morgan fingerprint density at radius 1 is 1.43 bits per heavy atom.